The maximum Gasteiger partial charge on any atom is 0.325 e. The van der Waals surface area contributed by atoms with Crippen LogP contribution >= 0.6 is 11.3 Å². The first kappa shape index (κ1) is 17.8. The first-order valence-electron chi connectivity index (χ1n) is 7.38. The number of hydrogen-bond donors (Lipinski definition) is 0. The molecule has 0 aliphatic heterocycles. The molecule has 2 aromatic rings. The highest BCUT2D eigenvalue weighted by Gasteiger charge is 2.15. The number of thiazole rings is 1. The van der Waals surface area contributed by atoms with Gasteiger partial charge in [0.1, 0.15) is 6.54 Å². The second-order valence-corrected chi connectivity index (χ2v) is 6.07. The van der Waals surface area contributed by atoms with Gasteiger partial charge in [0.2, 0.25) is 5.91 Å². The van der Waals surface area contributed by atoms with Crippen molar-refractivity contribution in [2.75, 3.05) is 7.11 Å². The molecule has 8 nitrogen and oxygen atoms in total. The van der Waals surface area contributed by atoms with Gasteiger partial charge in [-0.15, -0.1) is 0 Å². The van der Waals surface area contributed by atoms with Gasteiger partial charge in [-0.3, -0.25) is 19.7 Å². The molecule has 0 unspecified atom stereocenters. The molecule has 0 saturated heterocycles. The van der Waals surface area contributed by atoms with Crippen LogP contribution in [0.4, 0.5) is 5.69 Å². The third-order valence-electron chi connectivity index (χ3n) is 3.36. The van der Waals surface area contributed by atoms with Crippen molar-refractivity contribution in [1.29, 1.82) is 0 Å². The van der Waals surface area contributed by atoms with Crippen LogP contribution in [0.25, 0.3) is 10.2 Å². The van der Waals surface area contributed by atoms with Crippen LogP contribution in [0.15, 0.2) is 23.2 Å². The average Bonchev–Trinajstić information content (AvgIpc) is 2.89. The summed E-state index contributed by atoms with van der Waals surface area (Å²) in [6.07, 6.45) is 1.93. The number of carbonyl (C=O) groups is 2. The molecule has 0 fully saturated rings. The molecular weight excluding hydrogens is 334 g/mol. The summed E-state index contributed by atoms with van der Waals surface area (Å²) >= 11 is 1.20. The van der Waals surface area contributed by atoms with E-state index < -0.39 is 10.9 Å². The molecule has 24 heavy (non-hydrogen) atoms. The summed E-state index contributed by atoms with van der Waals surface area (Å²) in [4.78, 5) is 38.4. The number of benzene rings is 1. The van der Waals surface area contributed by atoms with Gasteiger partial charge in [0.15, 0.2) is 4.80 Å². The highest BCUT2D eigenvalue weighted by atomic mass is 32.1. The largest absolute Gasteiger partial charge is 0.468 e. The number of carbonyl (C=O) groups excluding carboxylic acids is 2. The Labute approximate surface area is 141 Å². The Bertz CT molecular complexity index is 852. The summed E-state index contributed by atoms with van der Waals surface area (Å²) in [5, 5.41) is 11.0. The van der Waals surface area contributed by atoms with Crippen molar-refractivity contribution < 1.29 is 19.2 Å². The zero-order valence-corrected chi connectivity index (χ0v) is 14.2. The average molecular weight is 351 g/mol. The van der Waals surface area contributed by atoms with Crippen molar-refractivity contribution in [2.24, 2.45) is 4.99 Å². The number of hydrogen-bond acceptors (Lipinski definition) is 6. The minimum Gasteiger partial charge on any atom is -0.468 e. The monoisotopic (exact) mass is 351 g/mol. The lowest BCUT2D eigenvalue weighted by Crippen LogP contribution is -2.22. The number of non-ortho nitro benzene ring substituents is 1. The topological polar surface area (TPSA) is 104 Å². The molecule has 1 heterocycles. The van der Waals surface area contributed by atoms with Crippen LogP contribution in [-0.4, -0.2) is 28.5 Å². The minimum atomic E-state index is -0.524. The fourth-order valence-electron chi connectivity index (χ4n) is 2.09. The van der Waals surface area contributed by atoms with Gasteiger partial charge < -0.3 is 9.30 Å². The summed E-state index contributed by atoms with van der Waals surface area (Å²) < 4.78 is 6.83. The van der Waals surface area contributed by atoms with Crippen LogP contribution in [0.1, 0.15) is 26.2 Å². The fraction of sp³-hybridized carbons (Fsp3) is 0.400. The van der Waals surface area contributed by atoms with E-state index in [2.05, 4.69) is 9.73 Å². The van der Waals surface area contributed by atoms with E-state index in [1.54, 1.807) is 6.07 Å². The second-order valence-electron chi connectivity index (χ2n) is 5.07. The molecule has 0 atom stereocenters. The first-order valence-corrected chi connectivity index (χ1v) is 8.20. The molecule has 9 heteroatoms. The number of unbranched alkanes of at least 4 members (excludes halogenated alkanes) is 1. The molecule has 1 aromatic carbocycles. The van der Waals surface area contributed by atoms with E-state index in [0.717, 1.165) is 12.8 Å². The van der Waals surface area contributed by atoms with Crippen LogP contribution in [0.5, 0.6) is 0 Å². The predicted molar refractivity (Wildman–Crippen MR) is 88.6 cm³/mol. The van der Waals surface area contributed by atoms with Crippen molar-refractivity contribution in [3.05, 3.63) is 33.1 Å². The Kier molecular flexibility index (Phi) is 5.80. The number of esters is 1. The first-order chi connectivity index (χ1) is 11.5. The number of nitro groups is 1. The van der Waals surface area contributed by atoms with Crippen LogP contribution in [0.3, 0.4) is 0 Å². The van der Waals surface area contributed by atoms with Gasteiger partial charge in [0.25, 0.3) is 5.69 Å². The number of amides is 1. The molecule has 1 amide bonds. The van der Waals surface area contributed by atoms with E-state index in [0.29, 0.717) is 21.4 Å². The molecule has 0 aliphatic rings. The van der Waals surface area contributed by atoms with Gasteiger partial charge in [-0.25, -0.2) is 0 Å². The van der Waals surface area contributed by atoms with E-state index in [1.807, 2.05) is 6.92 Å². The summed E-state index contributed by atoms with van der Waals surface area (Å²) in [5.41, 5.74) is 0.379. The normalized spacial score (nSPS) is 11.7. The molecular formula is C15H17N3O5S. The molecule has 0 saturated carbocycles. The van der Waals surface area contributed by atoms with Crippen LogP contribution in [0, 0.1) is 10.1 Å². The number of nitrogens with zero attached hydrogens (tertiary/aromatic N) is 3. The van der Waals surface area contributed by atoms with Crippen molar-refractivity contribution in [3.8, 4) is 0 Å². The Balaban J connectivity index is 2.58. The molecule has 0 spiro atoms. The highest BCUT2D eigenvalue weighted by molar-refractivity contribution is 7.16. The lowest BCUT2D eigenvalue weighted by molar-refractivity contribution is -0.384. The van der Waals surface area contributed by atoms with Gasteiger partial charge in [0.05, 0.1) is 22.2 Å². The van der Waals surface area contributed by atoms with Crippen LogP contribution in [0.2, 0.25) is 0 Å². The van der Waals surface area contributed by atoms with E-state index >= 15 is 0 Å². The van der Waals surface area contributed by atoms with Gasteiger partial charge in [-0.2, -0.15) is 4.99 Å². The lowest BCUT2D eigenvalue weighted by atomic mass is 10.2. The van der Waals surface area contributed by atoms with E-state index in [1.165, 1.54) is 35.1 Å². The number of fused-ring (bicyclic) bond motifs is 1. The Morgan fingerprint density at radius 2 is 2.17 bits per heavy atom. The summed E-state index contributed by atoms with van der Waals surface area (Å²) in [7, 11) is 1.25. The SMILES string of the molecule is CCCCC(=O)N=c1sc2ccc([N+](=O)[O-])cc2n1CC(=O)OC. The van der Waals surface area contributed by atoms with E-state index in [-0.39, 0.29) is 18.1 Å². The molecule has 1 aromatic heterocycles. The number of rotatable bonds is 6. The number of ether oxygens (including phenoxy) is 1. The van der Waals surface area contributed by atoms with Crippen molar-refractivity contribution >= 4 is 39.1 Å². The quantitative estimate of drug-likeness (QED) is 0.451. The van der Waals surface area contributed by atoms with Gasteiger partial charge >= 0.3 is 5.97 Å². The Morgan fingerprint density at radius 1 is 1.42 bits per heavy atom. The zero-order chi connectivity index (χ0) is 17.7. The van der Waals surface area contributed by atoms with E-state index in [4.69, 9.17) is 0 Å². The molecule has 2 rings (SSSR count). The Hall–Kier alpha value is -2.55. The highest BCUT2D eigenvalue weighted by Crippen LogP contribution is 2.23. The van der Waals surface area contributed by atoms with Crippen LogP contribution < -0.4 is 4.80 Å². The third kappa shape index (κ3) is 4.05. The lowest BCUT2D eigenvalue weighted by Gasteiger charge is -2.03. The molecule has 0 aliphatic carbocycles. The smallest absolute Gasteiger partial charge is 0.325 e. The summed E-state index contributed by atoms with van der Waals surface area (Å²) in [6.45, 7) is 1.81. The van der Waals surface area contributed by atoms with E-state index in [9.17, 15) is 19.7 Å². The number of methoxy groups -OCH3 is 1. The predicted octanol–water partition coefficient (Wildman–Crippen LogP) is 2.40. The minimum absolute atomic E-state index is 0.0947. The maximum atomic E-state index is 11.9. The molecule has 128 valence electrons. The van der Waals surface area contributed by atoms with Crippen LogP contribution in [-0.2, 0) is 20.9 Å². The Morgan fingerprint density at radius 3 is 2.79 bits per heavy atom. The van der Waals surface area contributed by atoms with Gasteiger partial charge in [-0.1, -0.05) is 24.7 Å². The number of aromatic nitrogens is 1. The molecule has 0 radical (unpaired) electrons. The van der Waals surface area contributed by atoms with Crippen molar-refractivity contribution in [1.82, 2.24) is 4.57 Å². The third-order valence-corrected chi connectivity index (χ3v) is 4.42. The van der Waals surface area contributed by atoms with Crippen molar-refractivity contribution in [3.63, 3.8) is 0 Å². The molecule has 0 bridgehead atoms. The second kappa shape index (κ2) is 7.82. The van der Waals surface area contributed by atoms with Crippen molar-refractivity contribution in [2.45, 2.75) is 32.7 Å². The maximum absolute atomic E-state index is 11.9. The fourth-order valence-corrected chi connectivity index (χ4v) is 3.12. The van der Waals surface area contributed by atoms with Gasteiger partial charge in [0, 0.05) is 18.6 Å². The summed E-state index contributed by atoms with van der Waals surface area (Å²) in [6, 6.07) is 4.33. The van der Waals surface area contributed by atoms with Gasteiger partial charge in [-0.05, 0) is 12.5 Å². The zero-order valence-electron chi connectivity index (χ0n) is 13.4. The summed E-state index contributed by atoms with van der Waals surface area (Å²) in [5.74, 6) is -0.805. The standard InChI is InChI=1S/C15H17N3O5S/c1-3-4-5-13(19)16-15-17(9-14(20)23-2)11-8-10(18(21)22)6-7-12(11)24-15/h6-8H,3-5,9H2,1-2H3. The molecule has 0 N–H and O–H groups in total. The number of nitro benzene ring substituents is 1.